The zero-order chi connectivity index (χ0) is 23.9. The molecule has 2 heterocycles. The molecule has 5 nitrogen and oxygen atoms in total. The van der Waals surface area contributed by atoms with Crippen LogP contribution in [0.25, 0.3) is 5.76 Å². The first-order valence-corrected chi connectivity index (χ1v) is 11.7. The molecule has 1 aliphatic heterocycles. The molecule has 0 spiro atoms. The standard InChI is InChI=1S/C27H27NO4S/c1-15(2)19-14-18(10-11-21(19)32-5)24(29)22-23(26-17(4)12-13-33-26)28(27(31)25(22)30)20-9-7-6-8-16(20)3/h6-15,23,29H,1-5H3/b24-22-. The van der Waals surface area contributed by atoms with Gasteiger partial charge in [0.1, 0.15) is 17.6 Å². The lowest BCUT2D eigenvalue weighted by Gasteiger charge is -2.26. The summed E-state index contributed by atoms with van der Waals surface area (Å²) in [5, 5.41) is 13.4. The van der Waals surface area contributed by atoms with Crippen molar-refractivity contribution in [2.24, 2.45) is 0 Å². The van der Waals surface area contributed by atoms with Gasteiger partial charge in [-0.15, -0.1) is 11.3 Å². The van der Waals surface area contributed by atoms with Gasteiger partial charge in [-0.3, -0.25) is 14.5 Å². The van der Waals surface area contributed by atoms with E-state index in [9.17, 15) is 14.7 Å². The lowest BCUT2D eigenvalue weighted by atomic mass is 9.94. The molecule has 1 N–H and O–H groups in total. The molecule has 170 valence electrons. The molecule has 1 amide bonds. The highest BCUT2D eigenvalue weighted by atomic mass is 32.1. The fraction of sp³-hybridized carbons (Fsp3) is 0.259. The molecule has 33 heavy (non-hydrogen) atoms. The molecule has 1 unspecified atom stereocenters. The monoisotopic (exact) mass is 461 g/mol. The van der Waals surface area contributed by atoms with Crippen molar-refractivity contribution in [2.75, 3.05) is 12.0 Å². The number of benzene rings is 2. The number of Topliss-reactive ketones (excluding diaryl/α,β-unsaturated/α-hetero) is 1. The smallest absolute Gasteiger partial charge is 0.300 e. The highest BCUT2D eigenvalue weighted by molar-refractivity contribution is 7.10. The number of hydrogen-bond acceptors (Lipinski definition) is 5. The van der Waals surface area contributed by atoms with Gasteiger partial charge in [0.2, 0.25) is 0 Å². The van der Waals surface area contributed by atoms with Gasteiger partial charge in [-0.2, -0.15) is 0 Å². The summed E-state index contributed by atoms with van der Waals surface area (Å²) < 4.78 is 5.46. The molecular weight excluding hydrogens is 434 g/mol. The molecule has 0 aliphatic carbocycles. The lowest BCUT2D eigenvalue weighted by molar-refractivity contribution is -0.132. The van der Waals surface area contributed by atoms with Gasteiger partial charge in [0.15, 0.2) is 0 Å². The third-order valence-electron chi connectivity index (χ3n) is 6.09. The Balaban J connectivity index is 1.97. The van der Waals surface area contributed by atoms with Crippen molar-refractivity contribution in [3.8, 4) is 5.75 Å². The second kappa shape index (κ2) is 8.87. The number of aliphatic hydroxyl groups excluding tert-OH is 1. The molecule has 3 aromatic rings. The van der Waals surface area contributed by atoms with Gasteiger partial charge in [0.05, 0.1) is 12.7 Å². The molecule has 6 heteroatoms. The van der Waals surface area contributed by atoms with Crippen molar-refractivity contribution >= 4 is 34.5 Å². The summed E-state index contributed by atoms with van der Waals surface area (Å²) >= 11 is 1.47. The van der Waals surface area contributed by atoms with E-state index in [4.69, 9.17) is 4.74 Å². The Morgan fingerprint density at radius 1 is 1.06 bits per heavy atom. The van der Waals surface area contributed by atoms with Crippen molar-refractivity contribution in [2.45, 2.75) is 39.7 Å². The van der Waals surface area contributed by atoms with Gasteiger partial charge in [0, 0.05) is 16.1 Å². The van der Waals surface area contributed by atoms with Crippen molar-refractivity contribution in [1.82, 2.24) is 0 Å². The number of methoxy groups -OCH3 is 1. The van der Waals surface area contributed by atoms with Crippen LogP contribution in [0.3, 0.4) is 0 Å². The molecular formula is C27H27NO4S. The largest absolute Gasteiger partial charge is 0.507 e. The first-order valence-electron chi connectivity index (χ1n) is 10.8. The van der Waals surface area contributed by atoms with Gasteiger partial charge in [0.25, 0.3) is 11.7 Å². The molecule has 1 fully saturated rings. The number of carbonyl (C=O) groups is 2. The van der Waals surface area contributed by atoms with Crippen molar-refractivity contribution in [1.29, 1.82) is 0 Å². The summed E-state index contributed by atoms with van der Waals surface area (Å²) in [6.07, 6.45) is 0. The number of thiophene rings is 1. The first-order chi connectivity index (χ1) is 15.8. The molecule has 0 bridgehead atoms. The Morgan fingerprint density at radius 2 is 1.79 bits per heavy atom. The van der Waals surface area contributed by atoms with E-state index in [1.807, 2.05) is 69.5 Å². The van der Waals surface area contributed by atoms with Gasteiger partial charge < -0.3 is 9.84 Å². The van der Waals surface area contributed by atoms with Crippen molar-refractivity contribution in [3.05, 3.63) is 86.6 Å². The van der Waals surface area contributed by atoms with E-state index >= 15 is 0 Å². The van der Waals surface area contributed by atoms with Crippen LogP contribution in [0.1, 0.15) is 52.9 Å². The Labute approximate surface area is 197 Å². The molecule has 1 aliphatic rings. The maximum absolute atomic E-state index is 13.3. The van der Waals surface area contributed by atoms with Crippen LogP contribution in [0, 0.1) is 13.8 Å². The number of para-hydroxylation sites is 1. The summed E-state index contributed by atoms with van der Waals surface area (Å²) in [5.41, 5.74) is 4.02. The highest BCUT2D eigenvalue weighted by Crippen LogP contribution is 2.45. The summed E-state index contributed by atoms with van der Waals surface area (Å²) in [7, 11) is 1.61. The number of aliphatic hydroxyl groups is 1. The number of hydrogen-bond donors (Lipinski definition) is 1. The van der Waals surface area contributed by atoms with Crippen LogP contribution >= 0.6 is 11.3 Å². The second-order valence-corrected chi connectivity index (χ2v) is 9.48. The summed E-state index contributed by atoms with van der Waals surface area (Å²) in [4.78, 5) is 29.0. The van der Waals surface area contributed by atoms with Crippen LogP contribution in [0.5, 0.6) is 5.75 Å². The van der Waals surface area contributed by atoms with Crippen LogP contribution in [-0.4, -0.2) is 23.9 Å². The average Bonchev–Trinajstić information content (AvgIpc) is 3.33. The predicted molar refractivity (Wildman–Crippen MR) is 132 cm³/mol. The molecule has 0 saturated carbocycles. The normalized spacial score (nSPS) is 17.8. The fourth-order valence-corrected chi connectivity index (χ4v) is 5.34. The van der Waals surface area contributed by atoms with Crippen LogP contribution in [0.15, 0.2) is 59.5 Å². The minimum Gasteiger partial charge on any atom is -0.507 e. The number of rotatable bonds is 5. The highest BCUT2D eigenvalue weighted by Gasteiger charge is 2.48. The number of ketones is 1. The number of nitrogens with zero attached hydrogens (tertiary/aromatic N) is 1. The molecule has 4 rings (SSSR count). The molecule has 2 aromatic carbocycles. The quantitative estimate of drug-likeness (QED) is 0.282. The van der Waals surface area contributed by atoms with E-state index < -0.39 is 17.7 Å². The van der Waals surface area contributed by atoms with Gasteiger partial charge in [-0.25, -0.2) is 0 Å². The molecule has 1 saturated heterocycles. The topological polar surface area (TPSA) is 66.8 Å². The summed E-state index contributed by atoms with van der Waals surface area (Å²) in [6.45, 7) is 7.93. The third kappa shape index (κ3) is 3.85. The van der Waals surface area contributed by atoms with E-state index in [-0.39, 0.29) is 17.3 Å². The van der Waals surface area contributed by atoms with Gasteiger partial charge >= 0.3 is 0 Å². The Kier molecular flexibility index (Phi) is 6.13. The van der Waals surface area contributed by atoms with Crippen molar-refractivity contribution < 1.29 is 19.4 Å². The van der Waals surface area contributed by atoms with Gasteiger partial charge in [-0.05, 0) is 72.2 Å². The van der Waals surface area contributed by atoms with Crippen molar-refractivity contribution in [3.63, 3.8) is 0 Å². The van der Waals surface area contributed by atoms with Crippen LogP contribution in [0.4, 0.5) is 5.69 Å². The summed E-state index contributed by atoms with van der Waals surface area (Å²) in [5.74, 6) is -0.631. The molecule has 1 aromatic heterocycles. The molecule has 1 atom stereocenters. The van der Waals surface area contributed by atoms with Crippen LogP contribution in [0.2, 0.25) is 0 Å². The van der Waals surface area contributed by atoms with E-state index in [1.54, 1.807) is 19.2 Å². The maximum atomic E-state index is 13.3. The molecule has 0 radical (unpaired) electrons. The van der Waals surface area contributed by atoms with E-state index in [0.717, 1.165) is 21.6 Å². The minimum atomic E-state index is -0.698. The Bertz CT molecular complexity index is 1270. The Morgan fingerprint density at radius 3 is 2.39 bits per heavy atom. The SMILES string of the molecule is COc1ccc(/C(O)=C2/C(=O)C(=O)N(c3ccccc3C)C2c2sccc2C)cc1C(C)C. The Hall–Kier alpha value is -3.38. The van der Waals surface area contributed by atoms with E-state index in [0.29, 0.717) is 17.0 Å². The number of aryl methyl sites for hydroxylation is 2. The fourth-order valence-electron chi connectivity index (χ4n) is 4.32. The second-order valence-electron chi connectivity index (χ2n) is 8.53. The van der Waals surface area contributed by atoms with Gasteiger partial charge in [-0.1, -0.05) is 32.0 Å². The number of anilines is 1. The summed E-state index contributed by atoms with van der Waals surface area (Å²) in [6, 6.07) is 14.1. The predicted octanol–water partition coefficient (Wildman–Crippen LogP) is 6.12. The number of ether oxygens (including phenoxy) is 1. The van der Waals surface area contributed by atoms with E-state index in [2.05, 4.69) is 0 Å². The zero-order valence-electron chi connectivity index (χ0n) is 19.4. The maximum Gasteiger partial charge on any atom is 0.300 e. The van der Waals surface area contributed by atoms with Crippen LogP contribution < -0.4 is 9.64 Å². The zero-order valence-corrected chi connectivity index (χ0v) is 20.2. The number of amides is 1. The average molecular weight is 462 g/mol. The number of carbonyl (C=O) groups excluding carboxylic acids is 2. The van der Waals surface area contributed by atoms with Crippen LogP contribution in [-0.2, 0) is 9.59 Å². The lowest BCUT2D eigenvalue weighted by Crippen LogP contribution is -2.30. The first kappa shape index (κ1) is 22.8. The third-order valence-corrected chi connectivity index (χ3v) is 7.17. The minimum absolute atomic E-state index is 0.105. The van der Waals surface area contributed by atoms with E-state index in [1.165, 1.54) is 16.2 Å².